The molecule has 0 aromatic rings. The summed E-state index contributed by atoms with van der Waals surface area (Å²) in [5.74, 6) is 1.03. The zero-order valence-corrected chi connectivity index (χ0v) is 17.2. The average molecular weight is 401 g/mol. The van der Waals surface area contributed by atoms with Crippen LogP contribution in [0.15, 0.2) is 0 Å². The Morgan fingerprint density at radius 3 is 1.48 bits per heavy atom. The van der Waals surface area contributed by atoms with Crippen LogP contribution in [0, 0.1) is 11.8 Å². The van der Waals surface area contributed by atoms with E-state index in [0.29, 0.717) is 25.0 Å². The molecule has 2 atom stereocenters. The van der Waals surface area contributed by atoms with Crippen LogP contribution in [-0.4, -0.2) is 13.2 Å². The van der Waals surface area contributed by atoms with Crippen LogP contribution in [-0.2, 0) is 34.7 Å². The smallest absolute Gasteiger partial charge is 0.119 e. The first-order chi connectivity index (χ1) is 9.67. The molecule has 0 aliphatic heterocycles. The largest absolute Gasteiger partial charge is 0.697 e. The molecule has 0 aliphatic rings. The van der Waals surface area contributed by atoms with Gasteiger partial charge in [-0.1, -0.05) is 66.2 Å². The van der Waals surface area contributed by atoms with E-state index >= 15 is 0 Å². The summed E-state index contributed by atoms with van der Waals surface area (Å²) in [6.07, 6.45) is 9.31. The average Bonchev–Trinajstić information content (AvgIpc) is 2.47. The van der Waals surface area contributed by atoms with E-state index in [2.05, 4.69) is 27.7 Å². The predicted octanol–water partition coefficient (Wildman–Crippen LogP) is 6.11. The maximum Gasteiger partial charge on any atom is 0.697 e. The first kappa shape index (κ1) is 24.0. The third kappa shape index (κ3) is 14.1. The summed E-state index contributed by atoms with van der Waals surface area (Å²) in [4.78, 5) is 0. The van der Waals surface area contributed by atoms with Gasteiger partial charge in [0.2, 0.25) is 0 Å². The molecule has 0 N–H and O–H groups in total. The van der Waals surface area contributed by atoms with Gasteiger partial charge < -0.3 is 0 Å². The molecule has 3 nitrogen and oxygen atoms in total. The minimum atomic E-state index is -1.94. The van der Waals surface area contributed by atoms with Gasteiger partial charge in [0.25, 0.3) is 0 Å². The second-order valence-corrected chi connectivity index (χ2v) is 6.61. The Kier molecular flexibility index (Phi) is 19.5. The molecule has 0 saturated carbocycles. The van der Waals surface area contributed by atoms with Crippen molar-refractivity contribution in [3.8, 4) is 0 Å². The number of hydrogen-bond donors (Lipinski definition) is 0. The Balaban J connectivity index is 0. The quantitative estimate of drug-likeness (QED) is 0.260. The first-order valence-corrected chi connectivity index (χ1v) is 9.50. The van der Waals surface area contributed by atoms with E-state index in [1.165, 1.54) is 25.7 Å². The van der Waals surface area contributed by atoms with Crippen LogP contribution in [0.1, 0.15) is 79.1 Å². The Bertz CT molecular complexity index is 218. The number of rotatable bonds is 14. The second kappa shape index (κ2) is 17.1. The Labute approximate surface area is 147 Å². The van der Waals surface area contributed by atoms with Gasteiger partial charge in [-0.3, -0.25) is 0 Å². The van der Waals surface area contributed by atoms with E-state index < -0.39 is 8.25 Å². The number of hydrogen-bond acceptors (Lipinski definition) is 3. The van der Waals surface area contributed by atoms with Crippen molar-refractivity contribution in [3.05, 3.63) is 0 Å². The first-order valence-electron chi connectivity index (χ1n) is 8.40. The summed E-state index contributed by atoms with van der Waals surface area (Å²) >= 11 is 0. The van der Waals surface area contributed by atoms with Gasteiger partial charge in [-0.25, -0.2) is 0 Å². The van der Waals surface area contributed by atoms with Crippen LogP contribution in [0.25, 0.3) is 0 Å². The van der Waals surface area contributed by atoms with Gasteiger partial charge in [0.1, 0.15) is 13.2 Å². The molecule has 0 fully saturated rings. The van der Waals surface area contributed by atoms with E-state index in [4.69, 9.17) is 9.05 Å². The number of unbranched alkanes of at least 4 members (excludes halogenated alkanes) is 2. The minimum Gasteiger partial charge on any atom is -0.119 e. The van der Waals surface area contributed by atoms with Crippen molar-refractivity contribution in [1.29, 1.82) is 0 Å². The van der Waals surface area contributed by atoms with Crippen LogP contribution >= 0.6 is 8.25 Å². The third-order valence-electron chi connectivity index (χ3n) is 3.92. The third-order valence-corrected chi connectivity index (χ3v) is 4.64. The van der Waals surface area contributed by atoms with Crippen LogP contribution in [0.4, 0.5) is 0 Å². The van der Waals surface area contributed by atoms with E-state index in [1.54, 1.807) is 0 Å². The fourth-order valence-corrected chi connectivity index (χ4v) is 2.91. The van der Waals surface area contributed by atoms with Gasteiger partial charge in [-0.05, 0) is 24.7 Å². The van der Waals surface area contributed by atoms with Crippen LogP contribution in [0.5, 0.6) is 0 Å². The fraction of sp³-hybridized carbons (Fsp3) is 1.00. The van der Waals surface area contributed by atoms with Gasteiger partial charge in [0, 0.05) is 25.6 Å². The van der Waals surface area contributed by atoms with Crippen LogP contribution in [0.2, 0.25) is 0 Å². The molecule has 0 radical (unpaired) electrons. The zero-order chi connectivity index (χ0) is 15.2. The Morgan fingerprint density at radius 1 is 0.810 bits per heavy atom. The fourth-order valence-electron chi connectivity index (χ4n) is 2.17. The molecule has 0 amide bonds. The van der Waals surface area contributed by atoms with Gasteiger partial charge in [0.05, 0.1) is 0 Å². The van der Waals surface area contributed by atoms with E-state index in [1.807, 2.05) is 0 Å². The van der Waals surface area contributed by atoms with Crippen molar-refractivity contribution in [1.82, 2.24) is 0 Å². The van der Waals surface area contributed by atoms with Crippen molar-refractivity contribution < 1.29 is 34.7 Å². The SMILES string of the molecule is CCCCC(CC)CO[P+](=O)OCC(CC)CCCC.[Mo]. The molecule has 0 aromatic carbocycles. The van der Waals surface area contributed by atoms with Crippen LogP contribution < -0.4 is 0 Å². The van der Waals surface area contributed by atoms with E-state index in [0.717, 1.165) is 25.7 Å². The van der Waals surface area contributed by atoms with Crippen molar-refractivity contribution in [2.24, 2.45) is 11.8 Å². The molecular formula is C16H34MoO3P+. The monoisotopic (exact) mass is 403 g/mol. The second-order valence-electron chi connectivity index (χ2n) is 5.65. The maximum atomic E-state index is 11.7. The van der Waals surface area contributed by atoms with Crippen molar-refractivity contribution in [2.75, 3.05) is 13.2 Å². The standard InChI is InChI=1S/C16H34O3P.Mo/c1-5-9-11-15(7-3)13-18-20(17)19-14-16(8-4)12-10-6-2;/h15-16H,5-14H2,1-4H3;/q+1;. The molecule has 0 spiro atoms. The molecule has 21 heavy (non-hydrogen) atoms. The molecule has 0 bridgehead atoms. The topological polar surface area (TPSA) is 35.5 Å². The molecule has 126 valence electrons. The summed E-state index contributed by atoms with van der Waals surface area (Å²) in [6, 6.07) is 0. The summed E-state index contributed by atoms with van der Waals surface area (Å²) < 4.78 is 22.5. The predicted molar refractivity (Wildman–Crippen MR) is 86.1 cm³/mol. The maximum absolute atomic E-state index is 11.7. The molecule has 0 aromatic heterocycles. The summed E-state index contributed by atoms with van der Waals surface area (Å²) in [5.41, 5.74) is 0. The molecule has 2 unspecified atom stereocenters. The summed E-state index contributed by atoms with van der Waals surface area (Å²) in [5, 5.41) is 0. The normalized spacial score (nSPS) is 14.4. The zero-order valence-electron chi connectivity index (χ0n) is 14.3. The molecule has 0 aliphatic carbocycles. The van der Waals surface area contributed by atoms with Gasteiger partial charge in [0.15, 0.2) is 0 Å². The molecular weight excluding hydrogens is 367 g/mol. The minimum absolute atomic E-state index is 0. The van der Waals surface area contributed by atoms with E-state index in [-0.39, 0.29) is 21.1 Å². The van der Waals surface area contributed by atoms with Crippen LogP contribution in [0.3, 0.4) is 0 Å². The molecule has 0 saturated heterocycles. The van der Waals surface area contributed by atoms with E-state index in [9.17, 15) is 4.57 Å². The molecule has 5 heteroatoms. The van der Waals surface area contributed by atoms with Crippen molar-refractivity contribution >= 4 is 8.25 Å². The Morgan fingerprint density at radius 2 is 1.19 bits per heavy atom. The molecule has 0 rings (SSSR count). The van der Waals surface area contributed by atoms with Crippen molar-refractivity contribution in [3.63, 3.8) is 0 Å². The van der Waals surface area contributed by atoms with Crippen molar-refractivity contribution in [2.45, 2.75) is 79.1 Å². The molecule has 0 heterocycles. The summed E-state index contributed by atoms with van der Waals surface area (Å²) in [6.45, 7) is 9.84. The van der Waals surface area contributed by atoms with Gasteiger partial charge >= 0.3 is 8.25 Å². The van der Waals surface area contributed by atoms with Gasteiger partial charge in [-0.2, -0.15) is 0 Å². The Hall–Kier alpha value is 0.708. The van der Waals surface area contributed by atoms with Gasteiger partial charge in [-0.15, -0.1) is 9.05 Å². The summed E-state index contributed by atoms with van der Waals surface area (Å²) in [7, 11) is -1.94.